The molecule has 0 saturated carbocycles. The van der Waals surface area contributed by atoms with Crippen molar-refractivity contribution in [1.29, 1.82) is 5.26 Å². The van der Waals surface area contributed by atoms with Crippen LogP contribution in [0.5, 0.6) is 0 Å². The Morgan fingerprint density at radius 3 is 2.45 bits per heavy atom. The molecule has 0 aliphatic heterocycles. The van der Waals surface area contributed by atoms with Crippen LogP contribution in [0.3, 0.4) is 0 Å². The van der Waals surface area contributed by atoms with Gasteiger partial charge in [0.05, 0.1) is 6.07 Å². The molecule has 0 spiro atoms. The molecule has 122 valence electrons. The first kappa shape index (κ1) is 19.9. The van der Waals surface area contributed by atoms with E-state index < -0.39 is 29.3 Å². The standard InChI is InChI=1S/C13H19N3O5S/c14-7-9(13(15,8-22)12(20)21)11(19)16-6-4-2-1-3-5-10(17)18/h3,5,9,22H,1-2,4,6,8,15H2,(H,16,19)(H,17,18)(H,20,21)/t9?,13-/m0/s1. The largest absolute Gasteiger partial charge is 0.480 e. The van der Waals surface area contributed by atoms with E-state index in [1.54, 1.807) is 6.07 Å². The van der Waals surface area contributed by atoms with Gasteiger partial charge in [-0.25, -0.2) is 4.79 Å². The van der Waals surface area contributed by atoms with Gasteiger partial charge in [-0.15, -0.1) is 0 Å². The number of nitrogens with two attached hydrogens (primary N) is 1. The summed E-state index contributed by atoms with van der Waals surface area (Å²) in [6, 6.07) is 1.61. The summed E-state index contributed by atoms with van der Waals surface area (Å²) in [5, 5.41) is 28.8. The molecule has 0 saturated heterocycles. The predicted molar refractivity (Wildman–Crippen MR) is 81.1 cm³/mol. The van der Waals surface area contributed by atoms with Crippen molar-refractivity contribution in [3.8, 4) is 6.07 Å². The molecule has 0 aromatic carbocycles. The van der Waals surface area contributed by atoms with Crippen molar-refractivity contribution in [2.24, 2.45) is 11.7 Å². The van der Waals surface area contributed by atoms with Crippen molar-refractivity contribution in [3.63, 3.8) is 0 Å². The minimum atomic E-state index is -2.05. The number of nitriles is 1. The lowest BCUT2D eigenvalue weighted by molar-refractivity contribution is -0.146. The van der Waals surface area contributed by atoms with E-state index in [9.17, 15) is 14.4 Å². The number of carboxylic acids is 2. The maximum atomic E-state index is 11.9. The molecular formula is C13H19N3O5S. The monoisotopic (exact) mass is 329 g/mol. The summed E-state index contributed by atoms with van der Waals surface area (Å²) in [5.74, 6) is -5.15. The predicted octanol–water partition coefficient (Wildman–Crippen LogP) is -0.235. The first-order valence-corrected chi connectivity index (χ1v) is 7.12. The summed E-state index contributed by atoms with van der Waals surface area (Å²) in [6.07, 6.45) is 4.27. The highest BCUT2D eigenvalue weighted by molar-refractivity contribution is 7.80. The van der Waals surface area contributed by atoms with Crippen LogP contribution in [0, 0.1) is 17.2 Å². The fourth-order valence-corrected chi connectivity index (χ4v) is 1.89. The molecule has 5 N–H and O–H groups in total. The molecular weight excluding hydrogens is 310 g/mol. The molecule has 0 fully saturated rings. The zero-order chi connectivity index (χ0) is 17.2. The summed E-state index contributed by atoms with van der Waals surface area (Å²) in [6.45, 7) is 0.236. The molecule has 0 heterocycles. The third kappa shape index (κ3) is 6.15. The van der Waals surface area contributed by atoms with E-state index in [4.69, 9.17) is 21.2 Å². The van der Waals surface area contributed by atoms with E-state index >= 15 is 0 Å². The minimum Gasteiger partial charge on any atom is -0.480 e. The number of unbranched alkanes of at least 4 members (excludes halogenated alkanes) is 2. The fraction of sp³-hybridized carbons (Fsp3) is 0.538. The van der Waals surface area contributed by atoms with E-state index in [0.717, 1.165) is 6.08 Å². The number of amides is 1. The maximum Gasteiger partial charge on any atom is 0.327 e. The molecule has 22 heavy (non-hydrogen) atoms. The van der Waals surface area contributed by atoms with Crippen LogP contribution in [-0.4, -0.2) is 45.9 Å². The Bertz CT molecular complexity index is 489. The summed E-state index contributed by atoms with van der Waals surface area (Å²) in [4.78, 5) is 33.2. The summed E-state index contributed by atoms with van der Waals surface area (Å²) in [7, 11) is 0. The maximum absolute atomic E-state index is 11.9. The Hall–Kier alpha value is -2.05. The fourth-order valence-electron chi connectivity index (χ4n) is 1.58. The molecule has 1 unspecified atom stereocenters. The number of hydrogen-bond acceptors (Lipinski definition) is 6. The van der Waals surface area contributed by atoms with Crippen molar-refractivity contribution in [1.82, 2.24) is 5.32 Å². The average Bonchev–Trinajstić information content (AvgIpc) is 2.46. The van der Waals surface area contributed by atoms with Crippen LogP contribution < -0.4 is 11.1 Å². The van der Waals surface area contributed by atoms with E-state index in [1.807, 2.05) is 0 Å². The van der Waals surface area contributed by atoms with Crippen molar-refractivity contribution in [3.05, 3.63) is 12.2 Å². The summed E-state index contributed by atoms with van der Waals surface area (Å²) >= 11 is 3.80. The highest BCUT2D eigenvalue weighted by atomic mass is 32.1. The molecule has 0 radical (unpaired) electrons. The number of thiol groups is 1. The zero-order valence-corrected chi connectivity index (χ0v) is 12.8. The molecule has 2 atom stereocenters. The topological polar surface area (TPSA) is 154 Å². The minimum absolute atomic E-state index is 0.236. The lowest BCUT2D eigenvalue weighted by Crippen LogP contribution is -2.59. The number of carbonyl (C=O) groups excluding carboxylic acids is 1. The van der Waals surface area contributed by atoms with Gasteiger partial charge in [-0.1, -0.05) is 6.08 Å². The Labute approximate surface area is 133 Å². The second-order valence-corrected chi connectivity index (χ2v) is 4.91. The Morgan fingerprint density at radius 1 is 1.36 bits per heavy atom. The molecule has 0 rings (SSSR count). The second-order valence-electron chi connectivity index (χ2n) is 4.59. The van der Waals surface area contributed by atoms with Gasteiger partial charge in [0.15, 0.2) is 5.92 Å². The third-order valence-corrected chi connectivity index (χ3v) is 3.45. The molecule has 0 aliphatic carbocycles. The summed E-state index contributed by atoms with van der Waals surface area (Å²) < 4.78 is 0. The number of carboxylic acid groups (broad SMARTS) is 2. The quantitative estimate of drug-likeness (QED) is 0.211. The molecule has 1 amide bonds. The van der Waals surface area contributed by atoms with Crippen molar-refractivity contribution in [2.75, 3.05) is 12.3 Å². The van der Waals surface area contributed by atoms with Crippen LogP contribution >= 0.6 is 12.6 Å². The van der Waals surface area contributed by atoms with Gasteiger partial charge < -0.3 is 21.3 Å². The highest BCUT2D eigenvalue weighted by Crippen LogP contribution is 2.17. The Balaban J connectivity index is 4.33. The van der Waals surface area contributed by atoms with E-state index in [1.165, 1.54) is 6.08 Å². The van der Waals surface area contributed by atoms with Crippen molar-refractivity contribution in [2.45, 2.75) is 24.8 Å². The molecule has 0 bridgehead atoms. The van der Waals surface area contributed by atoms with E-state index in [-0.39, 0.29) is 12.3 Å². The van der Waals surface area contributed by atoms with Gasteiger partial charge in [0, 0.05) is 18.4 Å². The number of carbonyl (C=O) groups is 3. The van der Waals surface area contributed by atoms with Crippen LogP contribution in [0.4, 0.5) is 0 Å². The lowest BCUT2D eigenvalue weighted by Gasteiger charge is -2.26. The smallest absolute Gasteiger partial charge is 0.327 e. The average molecular weight is 329 g/mol. The lowest BCUT2D eigenvalue weighted by atomic mass is 9.86. The van der Waals surface area contributed by atoms with Crippen LogP contribution in [0.15, 0.2) is 12.2 Å². The number of rotatable bonds is 10. The normalized spacial score (nSPS) is 14.8. The zero-order valence-electron chi connectivity index (χ0n) is 11.9. The highest BCUT2D eigenvalue weighted by Gasteiger charge is 2.45. The molecule has 8 nitrogen and oxygen atoms in total. The summed E-state index contributed by atoms with van der Waals surface area (Å²) in [5.41, 5.74) is 3.52. The van der Waals surface area contributed by atoms with Gasteiger partial charge in [-0.05, 0) is 19.3 Å². The third-order valence-electron chi connectivity index (χ3n) is 2.92. The Kier molecular flexibility index (Phi) is 8.89. The first-order chi connectivity index (χ1) is 10.3. The van der Waals surface area contributed by atoms with E-state index in [0.29, 0.717) is 19.3 Å². The SMILES string of the molecule is N#CC(C(=O)NCCCCC=CC(=O)O)[C@@](N)(CS)C(=O)O. The second kappa shape index (κ2) is 9.81. The van der Waals surface area contributed by atoms with Gasteiger partial charge in [0.1, 0.15) is 5.54 Å². The molecule has 0 aromatic heterocycles. The molecule has 0 aliphatic rings. The van der Waals surface area contributed by atoms with Gasteiger partial charge in [-0.2, -0.15) is 17.9 Å². The van der Waals surface area contributed by atoms with Crippen LogP contribution in [0.25, 0.3) is 0 Å². The Morgan fingerprint density at radius 2 is 2.00 bits per heavy atom. The van der Waals surface area contributed by atoms with Crippen molar-refractivity contribution < 1.29 is 24.6 Å². The van der Waals surface area contributed by atoms with E-state index in [2.05, 4.69) is 17.9 Å². The van der Waals surface area contributed by atoms with Gasteiger partial charge in [0.2, 0.25) is 5.91 Å². The van der Waals surface area contributed by atoms with Crippen LogP contribution in [0.1, 0.15) is 19.3 Å². The van der Waals surface area contributed by atoms with Gasteiger partial charge >= 0.3 is 11.9 Å². The molecule has 0 aromatic rings. The number of aliphatic carboxylic acids is 2. The van der Waals surface area contributed by atoms with Gasteiger partial charge in [-0.3, -0.25) is 9.59 Å². The van der Waals surface area contributed by atoms with Crippen LogP contribution in [-0.2, 0) is 14.4 Å². The number of allylic oxidation sites excluding steroid dienone is 1. The number of nitrogens with one attached hydrogen (secondary N) is 1. The van der Waals surface area contributed by atoms with Gasteiger partial charge in [0.25, 0.3) is 0 Å². The van der Waals surface area contributed by atoms with Crippen LogP contribution in [0.2, 0.25) is 0 Å². The number of nitrogens with zero attached hydrogens (tertiary/aromatic N) is 1. The first-order valence-electron chi connectivity index (χ1n) is 6.49. The van der Waals surface area contributed by atoms with Crippen molar-refractivity contribution >= 4 is 30.5 Å². The number of hydrogen-bond donors (Lipinski definition) is 5. The molecule has 9 heteroatoms.